The summed E-state index contributed by atoms with van der Waals surface area (Å²) < 4.78 is 47.7. The molecule has 0 saturated heterocycles. The van der Waals surface area contributed by atoms with Gasteiger partial charge in [0.05, 0.1) is 54.8 Å². The molecule has 0 aromatic heterocycles. The van der Waals surface area contributed by atoms with Gasteiger partial charge < -0.3 is 24.8 Å². The van der Waals surface area contributed by atoms with E-state index < -0.39 is 43.8 Å². The minimum absolute atomic E-state index is 0.0113. The molecule has 0 spiro atoms. The number of amides is 4. The lowest BCUT2D eigenvalue weighted by Gasteiger charge is -2.25. The number of anilines is 3. The number of para-hydroxylation sites is 2. The number of fused-ring (bicyclic) bond motifs is 8. The Bertz CT molecular complexity index is 3600. The van der Waals surface area contributed by atoms with Crippen LogP contribution in [0.4, 0.5) is 28.4 Å². The third-order valence-electron chi connectivity index (χ3n) is 15.7. The Morgan fingerprint density at radius 2 is 1.32 bits per heavy atom. The van der Waals surface area contributed by atoms with Crippen LogP contribution in [-0.4, -0.2) is 104 Å². The lowest BCUT2D eigenvalue weighted by atomic mass is 9.92. The lowest BCUT2D eigenvalue weighted by Crippen LogP contribution is -2.45. The van der Waals surface area contributed by atoms with Crippen molar-refractivity contribution in [2.45, 2.75) is 135 Å². The highest BCUT2D eigenvalue weighted by molar-refractivity contribution is 8.77. The number of nitrogens with zero attached hydrogens (tertiary/aromatic N) is 4. The van der Waals surface area contributed by atoms with Gasteiger partial charge in [0.1, 0.15) is 24.2 Å². The van der Waals surface area contributed by atoms with Crippen LogP contribution < -0.4 is 34.6 Å². The second kappa shape index (κ2) is 26.5. The molecule has 1 unspecified atom stereocenters. The first kappa shape index (κ1) is 62.2. The van der Waals surface area contributed by atoms with Crippen LogP contribution in [0.15, 0.2) is 101 Å². The predicted molar refractivity (Wildman–Crippen MR) is 334 cm³/mol. The van der Waals surface area contributed by atoms with E-state index in [4.69, 9.17) is 24.2 Å². The SMILES string of the molecule is CCC(=O)C(CCSSC(C)(C)CCC(=O)N[C@H](C(=O)C[C@@H](C)C(=O)Nc1cc(COc2cc3c(cc2C)C(=O)N2c4ccccc4C[C@H]2C=N3)cc(COc2cc3c(cc2OC)C(=O)N2c4ccccc4C[C@H]2C=N3)c1)C(C)C)S(=O)(=O)OC. The number of methoxy groups -OCH3 is 1. The van der Waals surface area contributed by atoms with Crippen LogP contribution in [0.3, 0.4) is 0 Å². The van der Waals surface area contributed by atoms with Crippen LogP contribution in [0.5, 0.6) is 17.2 Å². The zero-order valence-corrected chi connectivity index (χ0v) is 51.7. The molecule has 5 aromatic rings. The number of hydrogen-bond donors (Lipinski definition) is 2. The second-order valence-corrected chi connectivity index (χ2v) is 27.8. The second-order valence-electron chi connectivity index (χ2n) is 22.7. The summed E-state index contributed by atoms with van der Waals surface area (Å²) >= 11 is 0. The van der Waals surface area contributed by atoms with Gasteiger partial charge in [-0.15, -0.1) is 0 Å². The number of carbonyl (C=O) groups is 6. The van der Waals surface area contributed by atoms with Gasteiger partial charge in [-0.25, -0.2) is 0 Å². The van der Waals surface area contributed by atoms with Crippen molar-refractivity contribution < 1.29 is 55.6 Å². The number of Topliss-reactive ketones (excluding diaryl/α,β-unsaturated/α-hetero) is 2. The molecule has 9 rings (SSSR count). The largest absolute Gasteiger partial charge is 0.493 e. The summed E-state index contributed by atoms with van der Waals surface area (Å²) in [6.45, 7) is 12.8. The molecule has 0 fully saturated rings. The van der Waals surface area contributed by atoms with Crippen molar-refractivity contribution in [2.75, 3.05) is 35.1 Å². The number of aliphatic imine (C=N–C) groups is 2. The van der Waals surface area contributed by atoms with Gasteiger partial charge >= 0.3 is 0 Å². The number of benzene rings is 5. The quantitative estimate of drug-likeness (QED) is 0.0298. The molecule has 5 aromatic carbocycles. The molecule has 4 heterocycles. The third kappa shape index (κ3) is 14.2. The summed E-state index contributed by atoms with van der Waals surface area (Å²) in [4.78, 5) is 95.3. The van der Waals surface area contributed by atoms with E-state index in [1.807, 2.05) is 95.4 Å². The first-order valence-electron chi connectivity index (χ1n) is 28.5. The molecule has 4 aliphatic rings. The van der Waals surface area contributed by atoms with Crippen molar-refractivity contribution in [1.82, 2.24) is 5.32 Å². The standard InChI is InChI=1S/C64H72N6O12S3/c1-10-53(71)58(85(77,78)80-9)20-22-83-84-64(6,7)21-19-59(73)68-60(37(2)3)54(72)24-39(5)61(74)67-44-26-40(35-81-55-31-49-47(23-38(55)4)62(75)69-45(33-65-49)28-42-15-11-13-17-51(42)69)25-41(27-44)36-82-57-32-50-48(30-56(57)79-8)63(76)70-46(34-66-50)29-43-16-12-14-18-52(43)70/h11-18,23,25-27,30-34,37,39,45-46,58,60H,10,19-22,24,28-29,35-36H2,1-9H3,(H,67,74)(H,68,73)/t39-,45+,46+,58?,60+/m1/s1. The maximum absolute atomic E-state index is 14.2. The van der Waals surface area contributed by atoms with E-state index in [2.05, 4.69) is 14.8 Å². The van der Waals surface area contributed by atoms with Crippen molar-refractivity contribution in [3.05, 3.63) is 130 Å². The van der Waals surface area contributed by atoms with Gasteiger partial charge in [-0.2, -0.15) is 8.42 Å². The zero-order chi connectivity index (χ0) is 60.9. The van der Waals surface area contributed by atoms with Crippen LogP contribution in [0.2, 0.25) is 0 Å². The predicted octanol–water partition coefficient (Wildman–Crippen LogP) is 11.1. The minimum atomic E-state index is -4.02. The number of hydrogen-bond acceptors (Lipinski definition) is 16. The number of carbonyl (C=O) groups excluding carboxylic acids is 6. The molecule has 4 aliphatic heterocycles. The number of ketones is 2. The Hall–Kier alpha value is -7.33. The molecule has 85 heavy (non-hydrogen) atoms. The average Bonchev–Trinajstić information content (AvgIpc) is 2.72. The van der Waals surface area contributed by atoms with Crippen LogP contribution in [0.25, 0.3) is 0 Å². The highest BCUT2D eigenvalue weighted by atomic mass is 33.1. The van der Waals surface area contributed by atoms with Crippen LogP contribution >= 0.6 is 21.6 Å². The third-order valence-corrected chi connectivity index (χ3v) is 20.7. The van der Waals surface area contributed by atoms with Crippen molar-refractivity contribution in [2.24, 2.45) is 21.8 Å². The summed E-state index contributed by atoms with van der Waals surface area (Å²) in [5, 5.41) is 4.69. The molecule has 448 valence electrons. The van der Waals surface area contributed by atoms with E-state index in [1.165, 1.54) is 28.7 Å². The van der Waals surface area contributed by atoms with Crippen molar-refractivity contribution in [3.8, 4) is 17.2 Å². The Morgan fingerprint density at radius 3 is 1.88 bits per heavy atom. The molecule has 21 heteroatoms. The fourth-order valence-electron chi connectivity index (χ4n) is 11.0. The van der Waals surface area contributed by atoms with E-state index >= 15 is 0 Å². The van der Waals surface area contributed by atoms with Gasteiger partial charge in [-0.1, -0.05) is 85.7 Å². The summed E-state index contributed by atoms with van der Waals surface area (Å²) in [6.07, 6.45) is 5.49. The topological polar surface area (TPSA) is 229 Å². The molecular formula is C64H72N6O12S3. The molecular weight excluding hydrogens is 1140 g/mol. The summed E-state index contributed by atoms with van der Waals surface area (Å²) in [6, 6.07) is 26.7. The van der Waals surface area contributed by atoms with E-state index in [0.29, 0.717) is 81.6 Å². The Balaban J connectivity index is 0.882. The summed E-state index contributed by atoms with van der Waals surface area (Å²) in [7, 11) is 1.44. The summed E-state index contributed by atoms with van der Waals surface area (Å²) in [5.41, 5.74) is 8.07. The fraction of sp³-hybridized carbons (Fsp3) is 0.406. The number of rotatable bonds is 26. The van der Waals surface area contributed by atoms with Crippen molar-refractivity contribution in [3.63, 3.8) is 0 Å². The monoisotopic (exact) mass is 1210 g/mol. The zero-order valence-electron chi connectivity index (χ0n) is 49.3. The van der Waals surface area contributed by atoms with Crippen molar-refractivity contribution in [1.29, 1.82) is 0 Å². The molecule has 2 N–H and O–H groups in total. The Morgan fingerprint density at radius 1 is 0.753 bits per heavy atom. The Kier molecular flexibility index (Phi) is 19.4. The van der Waals surface area contributed by atoms with E-state index in [1.54, 1.807) is 66.3 Å². The number of ether oxygens (including phenoxy) is 3. The van der Waals surface area contributed by atoms with Crippen LogP contribution in [0.1, 0.15) is 122 Å². The van der Waals surface area contributed by atoms with Gasteiger partial charge in [0.2, 0.25) is 11.8 Å². The van der Waals surface area contributed by atoms with Gasteiger partial charge in [0.25, 0.3) is 21.9 Å². The van der Waals surface area contributed by atoms with Crippen LogP contribution in [-0.2, 0) is 59.5 Å². The molecule has 18 nitrogen and oxygen atoms in total. The molecule has 5 atom stereocenters. The Labute approximate surface area is 504 Å². The average molecular weight is 1210 g/mol. The smallest absolute Gasteiger partial charge is 0.277 e. The van der Waals surface area contributed by atoms with Crippen molar-refractivity contribution >= 4 is 108 Å². The molecule has 4 amide bonds. The fourth-order valence-corrected chi connectivity index (χ4v) is 14.9. The molecule has 0 radical (unpaired) electrons. The van der Waals surface area contributed by atoms with E-state index in [0.717, 1.165) is 35.2 Å². The van der Waals surface area contributed by atoms with Crippen LogP contribution in [0, 0.1) is 18.8 Å². The number of nitrogens with one attached hydrogen (secondary N) is 2. The van der Waals surface area contributed by atoms with E-state index in [9.17, 15) is 37.2 Å². The summed E-state index contributed by atoms with van der Waals surface area (Å²) in [5.74, 6) is -1.33. The van der Waals surface area contributed by atoms with Gasteiger partial charge in [-0.05, 0) is 110 Å². The molecule has 0 bridgehead atoms. The first-order chi connectivity index (χ1) is 40.6. The maximum atomic E-state index is 14.2. The van der Waals surface area contributed by atoms with Gasteiger partial charge in [-0.3, -0.25) is 52.7 Å². The van der Waals surface area contributed by atoms with Gasteiger partial charge in [0, 0.05) is 90.1 Å². The minimum Gasteiger partial charge on any atom is -0.493 e. The molecule has 0 saturated carbocycles. The van der Waals surface area contributed by atoms with Gasteiger partial charge in [0.15, 0.2) is 23.1 Å². The number of aryl methyl sites for hydroxylation is 1. The lowest BCUT2D eigenvalue weighted by molar-refractivity contribution is -0.131. The highest BCUT2D eigenvalue weighted by Gasteiger charge is 2.39. The maximum Gasteiger partial charge on any atom is 0.277 e. The first-order valence-corrected chi connectivity index (χ1v) is 32.3. The highest BCUT2D eigenvalue weighted by Crippen LogP contribution is 2.43. The van der Waals surface area contributed by atoms with E-state index in [-0.39, 0.29) is 80.4 Å². The molecule has 0 aliphatic carbocycles. The normalized spacial score (nSPS) is 16.9.